The number of nitro groups is 1. The number of nitrogens with one attached hydrogen (secondary N) is 2. The highest BCUT2D eigenvalue weighted by Gasteiger charge is 2.16. The first kappa shape index (κ1) is 15.0. The van der Waals surface area contributed by atoms with Gasteiger partial charge in [0.1, 0.15) is 6.20 Å². The number of nitrogens with two attached hydrogens (primary N) is 1. The van der Waals surface area contributed by atoms with E-state index < -0.39 is 4.92 Å². The van der Waals surface area contributed by atoms with E-state index in [1.54, 1.807) is 0 Å². The molecule has 10 nitrogen and oxygen atoms in total. The molecule has 0 atom stereocenters. The van der Waals surface area contributed by atoms with Crippen molar-refractivity contribution in [3.63, 3.8) is 0 Å². The van der Waals surface area contributed by atoms with E-state index in [9.17, 15) is 10.1 Å². The van der Waals surface area contributed by atoms with Crippen LogP contribution in [0, 0.1) is 10.1 Å². The van der Waals surface area contributed by atoms with Crippen LogP contribution in [0.4, 0.5) is 17.5 Å². The van der Waals surface area contributed by atoms with Gasteiger partial charge in [0.25, 0.3) is 0 Å². The molecule has 0 unspecified atom stereocenters. The van der Waals surface area contributed by atoms with Crippen LogP contribution in [-0.4, -0.2) is 46.4 Å². The van der Waals surface area contributed by atoms with Gasteiger partial charge in [-0.1, -0.05) is 0 Å². The van der Waals surface area contributed by atoms with Crippen LogP contribution in [0.15, 0.2) is 6.20 Å². The van der Waals surface area contributed by atoms with E-state index >= 15 is 0 Å². The third kappa shape index (κ3) is 4.99. The summed E-state index contributed by atoms with van der Waals surface area (Å²) < 4.78 is 5.05. The fourth-order valence-electron chi connectivity index (χ4n) is 1.26. The maximum Gasteiger partial charge on any atom is 0.329 e. The second-order valence-electron chi connectivity index (χ2n) is 3.45. The topological polar surface area (TPSA) is 148 Å². The second kappa shape index (κ2) is 8.13. The summed E-state index contributed by atoms with van der Waals surface area (Å²) in [5.41, 5.74) is 1.99. The maximum atomic E-state index is 10.8. The monoisotopic (exact) mass is 272 g/mol. The summed E-state index contributed by atoms with van der Waals surface area (Å²) in [6.07, 6.45) is 1.69. The number of hydrogen-bond donors (Lipinski definition) is 4. The van der Waals surface area contributed by atoms with Gasteiger partial charge in [0.2, 0.25) is 11.8 Å². The Balaban J connectivity index is 2.52. The molecule has 0 aliphatic heterocycles. The summed E-state index contributed by atoms with van der Waals surface area (Å²) in [5, 5.41) is 22.1. The smallest absolute Gasteiger partial charge is 0.329 e. The van der Waals surface area contributed by atoms with Gasteiger partial charge in [0.15, 0.2) is 0 Å². The van der Waals surface area contributed by atoms with Gasteiger partial charge in [-0.3, -0.25) is 15.5 Å². The fraction of sp³-hybridized carbons (Fsp3) is 0.556. The number of aliphatic hydroxyl groups excluding tert-OH is 1. The lowest BCUT2D eigenvalue weighted by Gasteiger charge is -2.07. The molecule has 1 rings (SSSR count). The Labute approximate surface area is 109 Å². The third-order valence-electron chi connectivity index (χ3n) is 2.09. The Hall–Kier alpha value is -2.04. The Kier molecular flexibility index (Phi) is 6.43. The van der Waals surface area contributed by atoms with E-state index in [4.69, 9.17) is 15.7 Å². The van der Waals surface area contributed by atoms with Gasteiger partial charge >= 0.3 is 5.69 Å². The minimum atomic E-state index is -0.578. The number of rotatable bonds is 9. The van der Waals surface area contributed by atoms with E-state index in [-0.39, 0.29) is 30.7 Å². The van der Waals surface area contributed by atoms with Gasteiger partial charge < -0.3 is 15.2 Å². The molecule has 0 aliphatic carbocycles. The molecule has 1 aromatic heterocycles. The van der Waals surface area contributed by atoms with Gasteiger partial charge in [-0.05, 0) is 6.42 Å². The van der Waals surface area contributed by atoms with Crippen LogP contribution < -0.4 is 16.6 Å². The zero-order chi connectivity index (χ0) is 14.1. The standard InChI is InChI=1S/C9H16N6O4/c10-14-9-12-6-7(15(17)18)8(13-9)11-2-1-4-19-5-3-16/h6,16H,1-5,10H2,(H2,11,12,13,14). The zero-order valence-electron chi connectivity index (χ0n) is 10.2. The average molecular weight is 272 g/mol. The third-order valence-corrected chi connectivity index (χ3v) is 2.09. The quantitative estimate of drug-likeness (QED) is 0.201. The van der Waals surface area contributed by atoms with Crippen molar-refractivity contribution in [2.45, 2.75) is 6.42 Å². The number of hydrazine groups is 1. The molecule has 5 N–H and O–H groups in total. The molecule has 0 bridgehead atoms. The molecule has 0 spiro atoms. The van der Waals surface area contributed by atoms with Crippen LogP contribution in [0.1, 0.15) is 6.42 Å². The van der Waals surface area contributed by atoms with E-state index in [0.717, 1.165) is 6.20 Å². The number of nitrogen functional groups attached to an aromatic ring is 1. The highest BCUT2D eigenvalue weighted by Crippen LogP contribution is 2.21. The predicted octanol–water partition coefficient (Wildman–Crippen LogP) is -0.519. The number of anilines is 2. The lowest BCUT2D eigenvalue weighted by Crippen LogP contribution is -2.14. The van der Waals surface area contributed by atoms with E-state index in [1.807, 2.05) is 0 Å². The molecule has 0 amide bonds. The van der Waals surface area contributed by atoms with Crippen molar-refractivity contribution < 1.29 is 14.8 Å². The van der Waals surface area contributed by atoms with Crippen molar-refractivity contribution in [3.8, 4) is 0 Å². The second-order valence-corrected chi connectivity index (χ2v) is 3.45. The first-order valence-electron chi connectivity index (χ1n) is 5.59. The highest BCUT2D eigenvalue weighted by molar-refractivity contribution is 5.56. The minimum Gasteiger partial charge on any atom is -0.394 e. The molecule has 10 heteroatoms. The first-order chi connectivity index (χ1) is 9.19. The van der Waals surface area contributed by atoms with Gasteiger partial charge in [0.05, 0.1) is 18.1 Å². The molecular formula is C9H16N6O4. The molecule has 19 heavy (non-hydrogen) atoms. The van der Waals surface area contributed by atoms with Gasteiger partial charge in [0, 0.05) is 13.2 Å². The average Bonchev–Trinajstić information content (AvgIpc) is 2.42. The number of nitrogens with zero attached hydrogens (tertiary/aromatic N) is 3. The van der Waals surface area contributed by atoms with E-state index in [1.165, 1.54) is 0 Å². The van der Waals surface area contributed by atoms with Crippen LogP contribution >= 0.6 is 0 Å². The molecule has 0 aromatic carbocycles. The molecule has 0 fully saturated rings. The lowest BCUT2D eigenvalue weighted by molar-refractivity contribution is -0.384. The van der Waals surface area contributed by atoms with Crippen LogP contribution in [-0.2, 0) is 4.74 Å². The molecule has 1 heterocycles. The molecule has 0 aliphatic rings. The van der Waals surface area contributed by atoms with Crippen LogP contribution in [0.25, 0.3) is 0 Å². The lowest BCUT2D eigenvalue weighted by atomic mass is 10.4. The summed E-state index contributed by atoms with van der Waals surface area (Å²) in [6, 6.07) is 0. The summed E-state index contributed by atoms with van der Waals surface area (Å²) in [7, 11) is 0. The molecule has 1 aromatic rings. The number of ether oxygens (including phenoxy) is 1. The van der Waals surface area contributed by atoms with Crippen molar-refractivity contribution in [2.75, 3.05) is 37.1 Å². The summed E-state index contributed by atoms with van der Waals surface area (Å²) in [6.45, 7) is 1.12. The maximum absolute atomic E-state index is 10.8. The van der Waals surface area contributed by atoms with Crippen LogP contribution in [0.5, 0.6) is 0 Å². The SMILES string of the molecule is NNc1ncc([N+](=O)[O-])c(NCCCOCCO)n1. The van der Waals surface area contributed by atoms with Crippen LogP contribution in [0.2, 0.25) is 0 Å². The predicted molar refractivity (Wildman–Crippen MR) is 67.5 cm³/mol. The zero-order valence-corrected chi connectivity index (χ0v) is 10.2. The number of aliphatic hydroxyl groups is 1. The largest absolute Gasteiger partial charge is 0.394 e. The molecule has 0 saturated heterocycles. The summed E-state index contributed by atoms with van der Waals surface area (Å²) >= 11 is 0. The van der Waals surface area contributed by atoms with Crippen molar-refractivity contribution in [1.29, 1.82) is 0 Å². The molecular weight excluding hydrogens is 256 g/mol. The van der Waals surface area contributed by atoms with E-state index in [2.05, 4.69) is 20.7 Å². The number of hydrogen-bond acceptors (Lipinski definition) is 9. The van der Waals surface area contributed by atoms with Crippen LogP contribution in [0.3, 0.4) is 0 Å². The summed E-state index contributed by atoms with van der Waals surface area (Å²) in [5.74, 6) is 5.32. The molecule has 106 valence electrons. The fourth-order valence-corrected chi connectivity index (χ4v) is 1.26. The normalized spacial score (nSPS) is 10.2. The summed E-state index contributed by atoms with van der Waals surface area (Å²) in [4.78, 5) is 17.7. The van der Waals surface area contributed by atoms with Gasteiger partial charge in [-0.15, -0.1) is 0 Å². The van der Waals surface area contributed by atoms with Crippen molar-refractivity contribution >= 4 is 17.5 Å². The number of aromatic nitrogens is 2. The minimum absolute atomic E-state index is 0.0314. The van der Waals surface area contributed by atoms with Gasteiger partial charge in [-0.2, -0.15) is 4.98 Å². The first-order valence-corrected chi connectivity index (χ1v) is 5.59. The Morgan fingerprint density at radius 3 is 2.95 bits per heavy atom. The van der Waals surface area contributed by atoms with E-state index in [0.29, 0.717) is 19.6 Å². The van der Waals surface area contributed by atoms with Crippen molar-refractivity contribution in [2.24, 2.45) is 5.84 Å². The van der Waals surface area contributed by atoms with Crippen molar-refractivity contribution in [1.82, 2.24) is 9.97 Å². The Morgan fingerprint density at radius 2 is 2.32 bits per heavy atom. The van der Waals surface area contributed by atoms with Crippen molar-refractivity contribution in [3.05, 3.63) is 16.3 Å². The Bertz CT molecular complexity index is 416. The molecule has 0 radical (unpaired) electrons. The highest BCUT2D eigenvalue weighted by atomic mass is 16.6. The molecule has 0 saturated carbocycles. The Morgan fingerprint density at radius 1 is 1.53 bits per heavy atom. The van der Waals surface area contributed by atoms with Gasteiger partial charge in [-0.25, -0.2) is 10.8 Å².